The SMILES string of the molecule is CCC(C)n1nccc1C(=O)N[C@H](C(=O)Nc1cc2c(cn1)C1(CCOCC1)C(=O)N2)C1CCC(C)CC1. The molecule has 0 radical (unpaired) electrons. The molecule has 2 aromatic heterocycles. The van der Waals surface area contributed by atoms with E-state index in [0.717, 1.165) is 37.7 Å². The van der Waals surface area contributed by atoms with E-state index in [2.05, 4.69) is 33.0 Å². The van der Waals surface area contributed by atoms with Crippen molar-refractivity contribution in [1.82, 2.24) is 20.1 Å². The number of amides is 3. The molecule has 0 aromatic carbocycles. The molecule has 5 rings (SSSR count). The summed E-state index contributed by atoms with van der Waals surface area (Å²) in [6, 6.07) is 2.77. The Morgan fingerprint density at radius 3 is 2.68 bits per heavy atom. The number of carbonyl (C=O) groups excluding carboxylic acids is 3. The van der Waals surface area contributed by atoms with E-state index in [-0.39, 0.29) is 29.7 Å². The molecule has 204 valence electrons. The van der Waals surface area contributed by atoms with Crippen LogP contribution in [0.15, 0.2) is 24.5 Å². The van der Waals surface area contributed by atoms with E-state index < -0.39 is 11.5 Å². The Kier molecular flexibility index (Phi) is 7.52. The number of aromatic nitrogens is 3. The van der Waals surface area contributed by atoms with Crippen molar-refractivity contribution in [3.05, 3.63) is 35.8 Å². The van der Waals surface area contributed by atoms with E-state index in [0.29, 0.717) is 49.2 Å². The van der Waals surface area contributed by atoms with Crippen LogP contribution in [0, 0.1) is 11.8 Å². The molecule has 1 saturated heterocycles. The Hall–Kier alpha value is -3.27. The van der Waals surface area contributed by atoms with Gasteiger partial charge in [-0.2, -0.15) is 5.10 Å². The van der Waals surface area contributed by atoms with E-state index in [1.165, 1.54) is 0 Å². The summed E-state index contributed by atoms with van der Waals surface area (Å²) in [5, 5.41) is 13.3. The number of anilines is 2. The Morgan fingerprint density at radius 2 is 1.97 bits per heavy atom. The maximum Gasteiger partial charge on any atom is 0.270 e. The maximum absolute atomic E-state index is 13.6. The lowest BCUT2D eigenvalue weighted by molar-refractivity contribution is -0.124. The summed E-state index contributed by atoms with van der Waals surface area (Å²) in [6.45, 7) is 7.34. The van der Waals surface area contributed by atoms with Crippen molar-refractivity contribution >= 4 is 29.2 Å². The van der Waals surface area contributed by atoms with Gasteiger partial charge in [-0.15, -0.1) is 0 Å². The van der Waals surface area contributed by atoms with Gasteiger partial charge in [-0.05, 0) is 56.9 Å². The topological polar surface area (TPSA) is 127 Å². The van der Waals surface area contributed by atoms with E-state index in [9.17, 15) is 14.4 Å². The number of nitrogens with zero attached hydrogens (tertiary/aromatic N) is 3. The van der Waals surface area contributed by atoms with Gasteiger partial charge in [0.25, 0.3) is 5.91 Å². The quantitative estimate of drug-likeness (QED) is 0.507. The van der Waals surface area contributed by atoms with Gasteiger partial charge in [0.05, 0.1) is 11.1 Å². The van der Waals surface area contributed by atoms with Crippen molar-refractivity contribution in [2.24, 2.45) is 11.8 Å². The monoisotopic (exact) mass is 522 g/mol. The number of rotatable bonds is 7. The smallest absolute Gasteiger partial charge is 0.270 e. The van der Waals surface area contributed by atoms with E-state index in [4.69, 9.17) is 4.74 Å². The van der Waals surface area contributed by atoms with Gasteiger partial charge in [-0.1, -0.05) is 26.7 Å². The van der Waals surface area contributed by atoms with E-state index in [1.807, 2.05) is 13.8 Å². The molecular formula is C28H38N6O4. The summed E-state index contributed by atoms with van der Waals surface area (Å²) >= 11 is 0. The normalized spacial score (nSPS) is 23.8. The summed E-state index contributed by atoms with van der Waals surface area (Å²) in [4.78, 5) is 44.4. The average molecular weight is 523 g/mol. The predicted octanol–water partition coefficient (Wildman–Crippen LogP) is 3.81. The van der Waals surface area contributed by atoms with Crippen LogP contribution in [0.2, 0.25) is 0 Å². The van der Waals surface area contributed by atoms with Crippen LogP contribution in [0.3, 0.4) is 0 Å². The van der Waals surface area contributed by atoms with Crippen LogP contribution in [0.5, 0.6) is 0 Å². The third-order valence-electron chi connectivity index (χ3n) is 8.71. The largest absolute Gasteiger partial charge is 0.381 e. The first-order chi connectivity index (χ1) is 18.3. The van der Waals surface area contributed by atoms with Crippen molar-refractivity contribution in [3.63, 3.8) is 0 Å². The lowest BCUT2D eigenvalue weighted by Gasteiger charge is -2.32. The molecule has 3 aliphatic rings. The van der Waals surface area contributed by atoms with E-state index in [1.54, 1.807) is 29.2 Å². The third-order valence-corrected chi connectivity index (χ3v) is 8.71. The van der Waals surface area contributed by atoms with Gasteiger partial charge in [0, 0.05) is 43.3 Å². The number of hydrogen-bond donors (Lipinski definition) is 3. The molecule has 1 saturated carbocycles. The minimum absolute atomic E-state index is 0.0229. The van der Waals surface area contributed by atoms with Crippen LogP contribution >= 0.6 is 0 Å². The minimum Gasteiger partial charge on any atom is -0.381 e. The molecule has 2 fully saturated rings. The van der Waals surface area contributed by atoms with Crippen molar-refractivity contribution < 1.29 is 19.1 Å². The zero-order valence-corrected chi connectivity index (χ0v) is 22.5. The molecule has 3 amide bonds. The lowest BCUT2D eigenvalue weighted by Crippen LogP contribution is -2.49. The lowest BCUT2D eigenvalue weighted by atomic mass is 9.76. The Labute approximate surface area is 223 Å². The molecule has 1 aliphatic carbocycles. The zero-order valence-electron chi connectivity index (χ0n) is 22.5. The second-order valence-corrected chi connectivity index (χ2v) is 11.1. The van der Waals surface area contributed by atoms with Gasteiger partial charge >= 0.3 is 0 Å². The fourth-order valence-electron chi connectivity index (χ4n) is 6.04. The number of hydrogen-bond acceptors (Lipinski definition) is 6. The number of fused-ring (bicyclic) bond motifs is 2. The first-order valence-electron chi connectivity index (χ1n) is 13.9. The first-order valence-corrected chi connectivity index (χ1v) is 13.9. The Balaban J connectivity index is 1.36. The number of nitrogens with one attached hydrogen (secondary N) is 3. The molecule has 0 bridgehead atoms. The number of pyridine rings is 1. The van der Waals surface area contributed by atoms with E-state index >= 15 is 0 Å². The van der Waals surface area contributed by atoms with Gasteiger partial charge in [-0.3, -0.25) is 19.1 Å². The molecule has 2 atom stereocenters. The molecule has 10 heteroatoms. The summed E-state index contributed by atoms with van der Waals surface area (Å²) in [7, 11) is 0. The van der Waals surface area contributed by atoms with Crippen LogP contribution in [0.25, 0.3) is 0 Å². The molecule has 4 heterocycles. The summed E-state index contributed by atoms with van der Waals surface area (Å²) in [6.07, 6.45) is 9.13. The molecule has 2 aliphatic heterocycles. The maximum atomic E-state index is 13.6. The van der Waals surface area contributed by atoms with Gasteiger partial charge < -0.3 is 20.7 Å². The molecule has 1 unspecified atom stereocenters. The predicted molar refractivity (Wildman–Crippen MR) is 143 cm³/mol. The second-order valence-electron chi connectivity index (χ2n) is 11.1. The summed E-state index contributed by atoms with van der Waals surface area (Å²) < 4.78 is 7.19. The fourth-order valence-corrected chi connectivity index (χ4v) is 6.04. The second kappa shape index (κ2) is 10.8. The Morgan fingerprint density at radius 1 is 1.24 bits per heavy atom. The van der Waals surface area contributed by atoms with Crippen LogP contribution in [-0.4, -0.2) is 51.7 Å². The van der Waals surface area contributed by atoms with Gasteiger partial charge in [0.15, 0.2) is 0 Å². The average Bonchev–Trinajstić information content (AvgIpc) is 3.51. The van der Waals surface area contributed by atoms with Crippen LogP contribution in [-0.2, 0) is 19.7 Å². The summed E-state index contributed by atoms with van der Waals surface area (Å²) in [5.41, 5.74) is 1.36. The highest BCUT2D eigenvalue weighted by Gasteiger charge is 2.48. The molecule has 3 N–H and O–H groups in total. The first kappa shape index (κ1) is 26.3. The number of ether oxygens (including phenoxy) is 1. The van der Waals surface area contributed by atoms with Crippen molar-refractivity contribution in [2.45, 2.75) is 83.2 Å². The highest BCUT2D eigenvalue weighted by Crippen LogP contribution is 2.44. The van der Waals surface area contributed by atoms with Gasteiger partial charge in [0.1, 0.15) is 17.6 Å². The highest BCUT2D eigenvalue weighted by molar-refractivity contribution is 6.07. The minimum atomic E-state index is -0.707. The van der Waals surface area contributed by atoms with Crippen molar-refractivity contribution in [1.29, 1.82) is 0 Å². The van der Waals surface area contributed by atoms with Crippen LogP contribution < -0.4 is 16.0 Å². The number of carbonyl (C=O) groups is 3. The molecule has 1 spiro atoms. The molecule has 10 nitrogen and oxygen atoms in total. The molecular weight excluding hydrogens is 484 g/mol. The standard InChI is InChI=1S/C28H38N6O4/c1-4-18(3)34-22(9-12-30-34)25(35)33-24(19-7-5-17(2)6-8-19)26(36)32-23-15-21-20(16-29-23)28(27(37)31-21)10-13-38-14-11-28/h9,12,15-19,24H,4-8,10-11,13-14H2,1-3H3,(H,31,37)(H,33,35)(H,29,32,36)/t17?,18?,19?,24-/m0/s1. The van der Waals surface area contributed by atoms with Gasteiger partial charge in [0.2, 0.25) is 11.8 Å². The van der Waals surface area contributed by atoms with Crippen LogP contribution in [0.4, 0.5) is 11.5 Å². The fraction of sp³-hybridized carbons (Fsp3) is 0.607. The molecule has 2 aromatic rings. The van der Waals surface area contributed by atoms with Crippen molar-refractivity contribution in [3.8, 4) is 0 Å². The zero-order chi connectivity index (χ0) is 26.9. The van der Waals surface area contributed by atoms with Crippen LogP contribution in [0.1, 0.15) is 87.8 Å². The third kappa shape index (κ3) is 4.93. The summed E-state index contributed by atoms with van der Waals surface area (Å²) in [5.74, 6) is 0.334. The van der Waals surface area contributed by atoms with Crippen molar-refractivity contribution in [2.75, 3.05) is 23.8 Å². The highest BCUT2D eigenvalue weighted by atomic mass is 16.5. The van der Waals surface area contributed by atoms with Gasteiger partial charge in [-0.25, -0.2) is 4.98 Å². The Bertz CT molecular complexity index is 1200. The molecule has 38 heavy (non-hydrogen) atoms.